The smallest absolute Gasteiger partial charge is 0.272 e. The number of benzene rings is 1. The molecule has 0 radical (unpaired) electrons. The van der Waals surface area contributed by atoms with Crippen molar-refractivity contribution in [1.82, 2.24) is 9.88 Å². The summed E-state index contributed by atoms with van der Waals surface area (Å²) in [5.41, 5.74) is 1.36. The molecular formula is C18H21FN2O. The Hall–Kier alpha value is -2.23. The van der Waals surface area contributed by atoms with Gasteiger partial charge in [0.15, 0.2) is 0 Å². The quantitative estimate of drug-likeness (QED) is 0.723. The molecule has 0 aliphatic heterocycles. The summed E-state index contributed by atoms with van der Waals surface area (Å²) in [7, 11) is 0. The third-order valence-corrected chi connectivity index (χ3v) is 3.49. The molecule has 0 atom stereocenters. The van der Waals surface area contributed by atoms with Gasteiger partial charge in [-0.1, -0.05) is 38.0 Å². The van der Waals surface area contributed by atoms with E-state index >= 15 is 0 Å². The molecule has 2 rings (SSSR count). The summed E-state index contributed by atoms with van der Waals surface area (Å²) in [6.45, 7) is 3.28. The molecule has 1 amide bonds. The van der Waals surface area contributed by atoms with Crippen molar-refractivity contribution in [2.45, 2.75) is 32.7 Å². The molecule has 22 heavy (non-hydrogen) atoms. The van der Waals surface area contributed by atoms with Gasteiger partial charge in [-0.3, -0.25) is 9.78 Å². The van der Waals surface area contributed by atoms with Gasteiger partial charge in [-0.05, 0) is 36.2 Å². The van der Waals surface area contributed by atoms with Crippen LogP contribution >= 0.6 is 0 Å². The molecule has 0 aliphatic carbocycles. The first-order valence-electron chi connectivity index (χ1n) is 7.65. The van der Waals surface area contributed by atoms with Crippen LogP contribution in [0.25, 0.3) is 0 Å². The van der Waals surface area contributed by atoms with Crippen molar-refractivity contribution in [3.63, 3.8) is 0 Å². The van der Waals surface area contributed by atoms with Gasteiger partial charge < -0.3 is 4.90 Å². The van der Waals surface area contributed by atoms with Crippen molar-refractivity contribution in [3.8, 4) is 0 Å². The lowest BCUT2D eigenvalue weighted by Crippen LogP contribution is -2.32. The molecule has 0 fully saturated rings. The predicted octanol–water partition coefficient (Wildman–Crippen LogP) is 4.05. The van der Waals surface area contributed by atoms with Gasteiger partial charge in [-0.2, -0.15) is 0 Å². The van der Waals surface area contributed by atoms with Gasteiger partial charge in [-0.15, -0.1) is 0 Å². The monoisotopic (exact) mass is 300 g/mol. The lowest BCUT2D eigenvalue weighted by atomic mass is 10.1. The highest BCUT2D eigenvalue weighted by Gasteiger charge is 2.16. The first-order valence-corrected chi connectivity index (χ1v) is 7.65. The molecule has 3 nitrogen and oxygen atoms in total. The minimum absolute atomic E-state index is 0.0824. The number of nitrogens with zero attached hydrogens (tertiary/aromatic N) is 2. The number of rotatable bonds is 7. The van der Waals surface area contributed by atoms with E-state index in [1.54, 1.807) is 35.4 Å². The predicted molar refractivity (Wildman–Crippen MR) is 84.9 cm³/mol. The van der Waals surface area contributed by atoms with Crippen molar-refractivity contribution < 1.29 is 9.18 Å². The molecule has 0 unspecified atom stereocenters. The maximum Gasteiger partial charge on any atom is 0.272 e. The van der Waals surface area contributed by atoms with Crippen LogP contribution in [-0.2, 0) is 6.54 Å². The summed E-state index contributed by atoms with van der Waals surface area (Å²) >= 11 is 0. The summed E-state index contributed by atoms with van der Waals surface area (Å²) in [6.07, 6.45) is 4.75. The van der Waals surface area contributed by atoms with Crippen LogP contribution in [-0.4, -0.2) is 22.3 Å². The molecule has 0 saturated carbocycles. The number of hydrogen-bond acceptors (Lipinski definition) is 2. The zero-order valence-corrected chi connectivity index (χ0v) is 12.8. The van der Waals surface area contributed by atoms with Gasteiger partial charge in [0.05, 0.1) is 0 Å². The number of amides is 1. The van der Waals surface area contributed by atoms with E-state index in [0.29, 0.717) is 18.8 Å². The Labute approximate surface area is 130 Å². The summed E-state index contributed by atoms with van der Waals surface area (Å²) in [4.78, 5) is 18.5. The summed E-state index contributed by atoms with van der Waals surface area (Å²) in [5, 5.41) is 0. The number of carbonyl (C=O) groups is 1. The normalized spacial score (nSPS) is 10.5. The average Bonchev–Trinajstić information content (AvgIpc) is 2.56. The van der Waals surface area contributed by atoms with Crippen molar-refractivity contribution in [2.24, 2.45) is 0 Å². The van der Waals surface area contributed by atoms with Gasteiger partial charge in [-0.25, -0.2) is 4.39 Å². The second kappa shape index (κ2) is 8.27. The Morgan fingerprint density at radius 3 is 2.55 bits per heavy atom. The van der Waals surface area contributed by atoms with Gasteiger partial charge in [0.2, 0.25) is 0 Å². The largest absolute Gasteiger partial charge is 0.333 e. The number of carbonyl (C=O) groups excluding carboxylic acids is 1. The number of hydrogen-bond donors (Lipinski definition) is 0. The molecule has 0 N–H and O–H groups in total. The second-order valence-electron chi connectivity index (χ2n) is 5.28. The Balaban J connectivity index is 2.11. The van der Waals surface area contributed by atoms with Crippen molar-refractivity contribution in [1.29, 1.82) is 0 Å². The molecular weight excluding hydrogens is 279 g/mol. The van der Waals surface area contributed by atoms with E-state index in [2.05, 4.69) is 11.9 Å². The van der Waals surface area contributed by atoms with Crippen molar-refractivity contribution in [2.75, 3.05) is 6.54 Å². The van der Waals surface area contributed by atoms with Crippen LogP contribution in [0.4, 0.5) is 4.39 Å². The molecule has 116 valence electrons. The molecule has 0 bridgehead atoms. The highest BCUT2D eigenvalue weighted by molar-refractivity contribution is 5.92. The molecule has 0 spiro atoms. The minimum Gasteiger partial charge on any atom is -0.333 e. The van der Waals surface area contributed by atoms with E-state index in [0.717, 1.165) is 24.8 Å². The number of halogens is 1. The molecule has 1 aromatic carbocycles. The fourth-order valence-electron chi connectivity index (χ4n) is 2.27. The molecule has 1 aromatic heterocycles. The zero-order chi connectivity index (χ0) is 15.8. The minimum atomic E-state index is -0.266. The van der Waals surface area contributed by atoms with E-state index in [1.165, 1.54) is 12.1 Å². The van der Waals surface area contributed by atoms with Crippen LogP contribution in [0.15, 0.2) is 48.7 Å². The van der Waals surface area contributed by atoms with Crippen LogP contribution < -0.4 is 0 Å². The van der Waals surface area contributed by atoms with Crippen LogP contribution in [0.1, 0.15) is 42.2 Å². The maximum atomic E-state index is 13.0. The van der Waals surface area contributed by atoms with E-state index in [9.17, 15) is 9.18 Å². The van der Waals surface area contributed by atoms with Crippen LogP contribution in [0.5, 0.6) is 0 Å². The third-order valence-electron chi connectivity index (χ3n) is 3.49. The Morgan fingerprint density at radius 1 is 1.14 bits per heavy atom. The summed E-state index contributed by atoms with van der Waals surface area (Å²) < 4.78 is 13.0. The highest BCUT2D eigenvalue weighted by atomic mass is 19.1. The fourth-order valence-corrected chi connectivity index (χ4v) is 2.27. The molecule has 4 heteroatoms. The molecule has 1 heterocycles. The SMILES string of the molecule is CCCCCN(Cc1ccc(F)cc1)C(=O)c1ccccn1. The fraction of sp³-hybridized carbons (Fsp3) is 0.333. The number of pyridine rings is 1. The summed E-state index contributed by atoms with van der Waals surface area (Å²) in [5.74, 6) is -0.349. The van der Waals surface area contributed by atoms with Gasteiger partial charge >= 0.3 is 0 Å². The lowest BCUT2D eigenvalue weighted by molar-refractivity contribution is 0.0734. The number of unbranched alkanes of at least 4 members (excludes halogenated alkanes) is 2. The molecule has 0 aliphatic rings. The van der Waals surface area contributed by atoms with Crippen molar-refractivity contribution >= 4 is 5.91 Å². The van der Waals surface area contributed by atoms with Crippen molar-refractivity contribution in [3.05, 3.63) is 65.7 Å². The Kier molecular flexibility index (Phi) is 6.07. The third kappa shape index (κ3) is 4.65. The highest BCUT2D eigenvalue weighted by Crippen LogP contribution is 2.11. The lowest BCUT2D eigenvalue weighted by Gasteiger charge is -2.22. The average molecular weight is 300 g/mol. The molecule has 2 aromatic rings. The first kappa shape index (κ1) is 16.1. The van der Waals surface area contributed by atoms with E-state index in [-0.39, 0.29) is 11.7 Å². The van der Waals surface area contributed by atoms with E-state index in [4.69, 9.17) is 0 Å². The van der Waals surface area contributed by atoms with Crippen LogP contribution in [0, 0.1) is 5.82 Å². The first-order chi connectivity index (χ1) is 10.7. The zero-order valence-electron chi connectivity index (χ0n) is 12.8. The van der Waals surface area contributed by atoms with Crippen LogP contribution in [0.2, 0.25) is 0 Å². The van der Waals surface area contributed by atoms with E-state index < -0.39 is 0 Å². The van der Waals surface area contributed by atoms with Gasteiger partial charge in [0.25, 0.3) is 5.91 Å². The van der Waals surface area contributed by atoms with Gasteiger partial charge in [0, 0.05) is 19.3 Å². The Bertz CT molecular complexity index is 584. The maximum absolute atomic E-state index is 13.0. The topological polar surface area (TPSA) is 33.2 Å². The number of aromatic nitrogens is 1. The summed E-state index contributed by atoms with van der Waals surface area (Å²) in [6, 6.07) is 11.6. The second-order valence-corrected chi connectivity index (χ2v) is 5.28. The molecule has 0 saturated heterocycles. The van der Waals surface area contributed by atoms with Gasteiger partial charge in [0.1, 0.15) is 11.5 Å². The Morgan fingerprint density at radius 2 is 1.91 bits per heavy atom. The van der Waals surface area contributed by atoms with E-state index in [1.807, 2.05) is 6.07 Å². The van der Waals surface area contributed by atoms with Crippen LogP contribution in [0.3, 0.4) is 0 Å². The standard InChI is InChI=1S/C18H21FN2O/c1-2-3-6-13-21(14-15-8-10-16(19)11-9-15)18(22)17-7-4-5-12-20-17/h4-5,7-12H,2-3,6,13-14H2,1H3.